The molecule has 2 nitrogen and oxygen atoms in total. The van der Waals surface area contributed by atoms with Crippen LogP contribution in [0.1, 0.15) is 34.9 Å². The fourth-order valence-electron chi connectivity index (χ4n) is 2.25. The molecule has 102 valence electrons. The second kappa shape index (κ2) is 6.80. The third-order valence-corrected chi connectivity index (χ3v) is 4.10. The topological polar surface area (TPSA) is 38.0 Å². The second-order valence-corrected chi connectivity index (χ2v) is 5.79. The highest BCUT2D eigenvalue weighted by molar-refractivity contribution is 7.09. The van der Waals surface area contributed by atoms with Gasteiger partial charge in [0, 0.05) is 10.9 Å². The van der Waals surface area contributed by atoms with Gasteiger partial charge in [-0.3, -0.25) is 11.3 Å². The first-order chi connectivity index (χ1) is 9.19. The normalized spacial score (nSPS) is 12.6. The monoisotopic (exact) mass is 278 g/mol. The van der Waals surface area contributed by atoms with E-state index in [0.717, 1.165) is 30.4 Å². The number of hydrogen-bond acceptors (Lipinski definition) is 3. The molecule has 1 unspecified atom stereocenters. The van der Waals surface area contributed by atoms with E-state index in [-0.39, 0.29) is 11.9 Å². The van der Waals surface area contributed by atoms with Crippen LogP contribution in [0.15, 0.2) is 35.7 Å². The highest BCUT2D eigenvalue weighted by atomic mass is 32.1. The van der Waals surface area contributed by atoms with E-state index in [1.54, 1.807) is 17.4 Å². The van der Waals surface area contributed by atoms with Gasteiger partial charge in [0.05, 0.1) is 0 Å². The molecule has 19 heavy (non-hydrogen) atoms. The largest absolute Gasteiger partial charge is 0.271 e. The van der Waals surface area contributed by atoms with E-state index in [1.807, 2.05) is 13.0 Å². The minimum atomic E-state index is -0.200. The Hall–Kier alpha value is -1.23. The number of rotatable bonds is 6. The Balaban J connectivity index is 1.95. The number of halogens is 1. The number of aryl methyl sites for hydroxylation is 2. The summed E-state index contributed by atoms with van der Waals surface area (Å²) in [7, 11) is 0. The van der Waals surface area contributed by atoms with Crippen LogP contribution in [0.3, 0.4) is 0 Å². The molecular formula is C15H19FN2S. The number of nitrogens with one attached hydrogen (secondary N) is 1. The summed E-state index contributed by atoms with van der Waals surface area (Å²) in [5.41, 5.74) is 4.64. The highest BCUT2D eigenvalue weighted by Gasteiger charge is 2.11. The molecule has 1 aromatic heterocycles. The van der Waals surface area contributed by atoms with Crippen molar-refractivity contribution in [2.75, 3.05) is 0 Å². The van der Waals surface area contributed by atoms with Gasteiger partial charge in [-0.1, -0.05) is 12.1 Å². The van der Waals surface area contributed by atoms with E-state index in [0.29, 0.717) is 0 Å². The van der Waals surface area contributed by atoms with Crippen molar-refractivity contribution in [1.29, 1.82) is 0 Å². The number of hydrazine groups is 1. The first-order valence-corrected chi connectivity index (χ1v) is 7.32. The maximum atomic E-state index is 13.4. The predicted octanol–water partition coefficient (Wildman–Crippen LogP) is 3.72. The molecule has 0 aliphatic rings. The van der Waals surface area contributed by atoms with Crippen molar-refractivity contribution in [1.82, 2.24) is 5.43 Å². The van der Waals surface area contributed by atoms with Crippen LogP contribution in [0.5, 0.6) is 0 Å². The van der Waals surface area contributed by atoms with Crippen LogP contribution in [0.4, 0.5) is 4.39 Å². The summed E-state index contributed by atoms with van der Waals surface area (Å²) in [5.74, 6) is 5.39. The Kier molecular flexibility index (Phi) is 5.07. The summed E-state index contributed by atoms with van der Waals surface area (Å²) in [6.45, 7) is 1.89. The van der Waals surface area contributed by atoms with E-state index in [9.17, 15) is 4.39 Å². The van der Waals surface area contributed by atoms with E-state index < -0.39 is 0 Å². The molecule has 0 saturated carbocycles. The SMILES string of the molecule is Cc1cc(F)cc(C(CCCc2cccs2)NN)c1. The van der Waals surface area contributed by atoms with Crippen molar-refractivity contribution >= 4 is 11.3 Å². The number of nitrogens with two attached hydrogens (primary N) is 1. The summed E-state index contributed by atoms with van der Waals surface area (Å²) >= 11 is 1.77. The lowest BCUT2D eigenvalue weighted by molar-refractivity contribution is 0.495. The fraction of sp³-hybridized carbons (Fsp3) is 0.333. The minimum absolute atomic E-state index is 0.00867. The van der Waals surface area contributed by atoms with Crippen molar-refractivity contribution in [3.63, 3.8) is 0 Å². The molecular weight excluding hydrogens is 259 g/mol. The van der Waals surface area contributed by atoms with Crippen molar-refractivity contribution in [2.45, 2.75) is 32.2 Å². The van der Waals surface area contributed by atoms with Crippen molar-refractivity contribution < 1.29 is 4.39 Å². The van der Waals surface area contributed by atoms with Gasteiger partial charge in [0.15, 0.2) is 0 Å². The molecule has 1 atom stereocenters. The third kappa shape index (κ3) is 4.13. The van der Waals surface area contributed by atoms with Gasteiger partial charge >= 0.3 is 0 Å². The molecule has 0 amide bonds. The van der Waals surface area contributed by atoms with Crippen LogP contribution in [0.25, 0.3) is 0 Å². The van der Waals surface area contributed by atoms with Crippen LogP contribution in [0, 0.1) is 12.7 Å². The minimum Gasteiger partial charge on any atom is -0.271 e. The van der Waals surface area contributed by atoms with E-state index >= 15 is 0 Å². The molecule has 4 heteroatoms. The van der Waals surface area contributed by atoms with Gasteiger partial charge in [-0.2, -0.15) is 0 Å². The van der Waals surface area contributed by atoms with Crippen LogP contribution in [-0.2, 0) is 6.42 Å². The van der Waals surface area contributed by atoms with E-state index in [2.05, 4.69) is 22.9 Å². The fourth-order valence-corrected chi connectivity index (χ4v) is 3.00. The van der Waals surface area contributed by atoms with Crippen molar-refractivity contribution in [3.8, 4) is 0 Å². The number of thiophene rings is 1. The van der Waals surface area contributed by atoms with Crippen LogP contribution in [-0.4, -0.2) is 0 Å². The maximum absolute atomic E-state index is 13.4. The Bertz CT molecular complexity index is 491. The molecule has 0 aliphatic carbocycles. The van der Waals surface area contributed by atoms with Gasteiger partial charge in [-0.25, -0.2) is 4.39 Å². The average molecular weight is 278 g/mol. The standard InChI is InChI=1S/C15H19FN2S/c1-11-8-12(10-13(16)9-11)15(18-17)6-2-4-14-5-3-7-19-14/h3,5,7-10,15,18H,2,4,6,17H2,1H3. The molecule has 1 heterocycles. The summed E-state index contributed by atoms with van der Waals surface area (Å²) < 4.78 is 13.4. The maximum Gasteiger partial charge on any atom is 0.123 e. The summed E-state index contributed by atoms with van der Waals surface area (Å²) in [6.07, 6.45) is 2.98. The molecule has 2 rings (SSSR count). The lowest BCUT2D eigenvalue weighted by Crippen LogP contribution is -2.28. The van der Waals surface area contributed by atoms with Gasteiger partial charge in [-0.05, 0) is 60.9 Å². The summed E-state index contributed by atoms with van der Waals surface area (Å²) in [5, 5.41) is 2.09. The molecule has 0 spiro atoms. The zero-order chi connectivity index (χ0) is 13.7. The summed E-state index contributed by atoms with van der Waals surface area (Å²) in [6, 6.07) is 9.29. The van der Waals surface area contributed by atoms with Crippen molar-refractivity contribution in [3.05, 3.63) is 57.5 Å². The Morgan fingerprint density at radius 1 is 1.37 bits per heavy atom. The molecule has 0 bridgehead atoms. The zero-order valence-electron chi connectivity index (χ0n) is 11.0. The first kappa shape index (κ1) is 14.2. The molecule has 0 fully saturated rings. The second-order valence-electron chi connectivity index (χ2n) is 4.75. The van der Waals surface area contributed by atoms with Crippen LogP contribution >= 0.6 is 11.3 Å². The van der Waals surface area contributed by atoms with Gasteiger partial charge in [0.2, 0.25) is 0 Å². The number of hydrogen-bond donors (Lipinski definition) is 2. The van der Waals surface area contributed by atoms with E-state index in [1.165, 1.54) is 10.9 Å². The van der Waals surface area contributed by atoms with Crippen molar-refractivity contribution in [2.24, 2.45) is 5.84 Å². The predicted molar refractivity (Wildman–Crippen MR) is 78.5 cm³/mol. The van der Waals surface area contributed by atoms with Gasteiger partial charge < -0.3 is 0 Å². The lowest BCUT2D eigenvalue weighted by atomic mass is 9.99. The van der Waals surface area contributed by atoms with Crippen LogP contribution < -0.4 is 11.3 Å². The smallest absolute Gasteiger partial charge is 0.123 e. The number of benzene rings is 1. The van der Waals surface area contributed by atoms with Gasteiger partial charge in [0.1, 0.15) is 5.82 Å². The first-order valence-electron chi connectivity index (χ1n) is 6.44. The van der Waals surface area contributed by atoms with Crippen LogP contribution in [0.2, 0.25) is 0 Å². The molecule has 0 radical (unpaired) electrons. The average Bonchev–Trinajstić information content (AvgIpc) is 2.86. The van der Waals surface area contributed by atoms with E-state index in [4.69, 9.17) is 5.84 Å². The zero-order valence-corrected chi connectivity index (χ0v) is 11.8. The molecule has 2 aromatic rings. The quantitative estimate of drug-likeness (QED) is 0.624. The molecule has 0 aliphatic heterocycles. The Morgan fingerprint density at radius 3 is 2.84 bits per heavy atom. The van der Waals surface area contributed by atoms with Gasteiger partial charge in [-0.15, -0.1) is 11.3 Å². The molecule has 1 aromatic carbocycles. The van der Waals surface area contributed by atoms with Gasteiger partial charge in [0.25, 0.3) is 0 Å². The summed E-state index contributed by atoms with van der Waals surface area (Å²) in [4.78, 5) is 1.38. The Morgan fingerprint density at radius 2 is 2.21 bits per heavy atom. The third-order valence-electron chi connectivity index (χ3n) is 3.16. The highest BCUT2D eigenvalue weighted by Crippen LogP contribution is 2.22. The molecule has 0 saturated heterocycles. The molecule has 3 N–H and O–H groups in total. The lowest BCUT2D eigenvalue weighted by Gasteiger charge is -2.16. The Labute approximate surface area is 117 Å².